The number of thiazole rings is 1. The minimum atomic E-state index is -3.44. The number of nitrogens with one attached hydrogen (secondary N) is 1. The van der Waals surface area contributed by atoms with Crippen molar-refractivity contribution in [1.82, 2.24) is 9.71 Å². The van der Waals surface area contributed by atoms with Gasteiger partial charge in [-0.05, 0) is 25.7 Å². The Morgan fingerprint density at radius 1 is 1.62 bits per heavy atom. The SMILES string of the molecule is CC(NS(=O)(=O)c1cnc(Cl)s1)C1CCC1. The number of halogens is 1. The van der Waals surface area contributed by atoms with E-state index in [4.69, 9.17) is 11.6 Å². The molecule has 1 aliphatic carbocycles. The van der Waals surface area contributed by atoms with Gasteiger partial charge < -0.3 is 0 Å². The van der Waals surface area contributed by atoms with Crippen molar-refractivity contribution in [2.45, 2.75) is 36.4 Å². The predicted octanol–water partition coefficient (Wildman–Crippen LogP) is 2.26. The molecule has 16 heavy (non-hydrogen) atoms. The number of aromatic nitrogens is 1. The minimum Gasteiger partial charge on any atom is -0.232 e. The highest BCUT2D eigenvalue weighted by atomic mass is 35.5. The van der Waals surface area contributed by atoms with Crippen molar-refractivity contribution < 1.29 is 8.42 Å². The summed E-state index contributed by atoms with van der Waals surface area (Å²) >= 11 is 6.60. The Labute approximate surface area is 104 Å². The van der Waals surface area contributed by atoms with Gasteiger partial charge in [0.1, 0.15) is 0 Å². The molecule has 1 heterocycles. The molecule has 90 valence electrons. The Balaban J connectivity index is 2.07. The summed E-state index contributed by atoms with van der Waals surface area (Å²) in [6, 6.07) is -0.0142. The molecule has 0 saturated heterocycles. The highest BCUT2D eigenvalue weighted by Crippen LogP contribution is 2.30. The Kier molecular flexibility index (Phi) is 3.53. The molecule has 0 spiro atoms. The highest BCUT2D eigenvalue weighted by Gasteiger charge is 2.28. The highest BCUT2D eigenvalue weighted by molar-refractivity contribution is 7.91. The first-order chi connectivity index (χ1) is 7.49. The molecule has 0 aromatic carbocycles. The molecule has 0 radical (unpaired) electrons. The molecule has 1 N–H and O–H groups in total. The molecule has 1 fully saturated rings. The molecule has 0 bridgehead atoms. The molecule has 1 aliphatic rings. The van der Waals surface area contributed by atoms with E-state index in [0.717, 1.165) is 24.2 Å². The summed E-state index contributed by atoms with van der Waals surface area (Å²) in [5, 5.41) is 0. The van der Waals surface area contributed by atoms with Crippen molar-refractivity contribution in [3.63, 3.8) is 0 Å². The van der Waals surface area contributed by atoms with Crippen LogP contribution < -0.4 is 4.72 Å². The molecule has 4 nitrogen and oxygen atoms in total. The van der Waals surface area contributed by atoms with E-state index in [1.807, 2.05) is 6.92 Å². The van der Waals surface area contributed by atoms with E-state index in [1.165, 1.54) is 12.6 Å². The Hall–Kier alpha value is -0.170. The van der Waals surface area contributed by atoms with Crippen molar-refractivity contribution in [1.29, 1.82) is 0 Å². The zero-order chi connectivity index (χ0) is 11.8. The third kappa shape index (κ3) is 2.56. The van der Waals surface area contributed by atoms with Crippen LogP contribution in [0.2, 0.25) is 4.47 Å². The van der Waals surface area contributed by atoms with Crippen LogP contribution in [-0.2, 0) is 10.0 Å². The lowest BCUT2D eigenvalue weighted by Crippen LogP contribution is -2.40. The van der Waals surface area contributed by atoms with E-state index in [-0.39, 0.29) is 14.7 Å². The van der Waals surface area contributed by atoms with E-state index in [1.54, 1.807) is 0 Å². The van der Waals surface area contributed by atoms with Gasteiger partial charge in [-0.1, -0.05) is 29.4 Å². The van der Waals surface area contributed by atoms with Gasteiger partial charge in [-0.3, -0.25) is 0 Å². The van der Waals surface area contributed by atoms with Crippen LogP contribution in [0.15, 0.2) is 10.4 Å². The van der Waals surface area contributed by atoms with Gasteiger partial charge in [0.15, 0.2) is 8.68 Å². The molecular formula is C9H13ClN2O2S2. The zero-order valence-electron chi connectivity index (χ0n) is 8.81. The van der Waals surface area contributed by atoms with Crippen LogP contribution in [0.4, 0.5) is 0 Å². The fourth-order valence-electron chi connectivity index (χ4n) is 1.70. The molecule has 0 amide bonds. The van der Waals surface area contributed by atoms with Crippen LogP contribution in [0.3, 0.4) is 0 Å². The maximum Gasteiger partial charge on any atom is 0.251 e. The fraction of sp³-hybridized carbons (Fsp3) is 0.667. The van der Waals surface area contributed by atoms with Crippen molar-refractivity contribution in [2.24, 2.45) is 5.92 Å². The van der Waals surface area contributed by atoms with Crippen molar-refractivity contribution >= 4 is 33.0 Å². The fourth-order valence-corrected chi connectivity index (χ4v) is 4.32. The molecular weight excluding hydrogens is 268 g/mol. The largest absolute Gasteiger partial charge is 0.251 e. The van der Waals surface area contributed by atoms with Crippen molar-refractivity contribution in [3.05, 3.63) is 10.7 Å². The molecule has 1 aromatic rings. The third-order valence-electron chi connectivity index (χ3n) is 2.92. The Bertz CT molecular complexity index is 468. The number of nitrogens with zero attached hydrogens (tertiary/aromatic N) is 1. The summed E-state index contributed by atoms with van der Waals surface area (Å²) in [5.74, 6) is 0.471. The molecule has 2 rings (SSSR count). The lowest BCUT2D eigenvalue weighted by Gasteiger charge is -2.31. The zero-order valence-corrected chi connectivity index (χ0v) is 11.2. The number of hydrogen-bond donors (Lipinski definition) is 1. The van der Waals surface area contributed by atoms with Crippen LogP contribution in [-0.4, -0.2) is 19.4 Å². The van der Waals surface area contributed by atoms with E-state index in [0.29, 0.717) is 5.92 Å². The predicted molar refractivity (Wildman–Crippen MR) is 64.2 cm³/mol. The second-order valence-corrected chi connectivity index (χ2v) is 7.59. The smallest absolute Gasteiger partial charge is 0.232 e. The van der Waals surface area contributed by atoms with E-state index in [9.17, 15) is 8.42 Å². The van der Waals surface area contributed by atoms with Crippen LogP contribution in [0.25, 0.3) is 0 Å². The van der Waals surface area contributed by atoms with Gasteiger partial charge in [-0.15, -0.1) is 0 Å². The van der Waals surface area contributed by atoms with E-state index in [2.05, 4.69) is 9.71 Å². The van der Waals surface area contributed by atoms with Crippen LogP contribution in [0, 0.1) is 5.92 Å². The molecule has 1 unspecified atom stereocenters. The van der Waals surface area contributed by atoms with Gasteiger partial charge in [0.05, 0.1) is 6.20 Å². The lowest BCUT2D eigenvalue weighted by atomic mass is 9.81. The maximum atomic E-state index is 11.9. The molecule has 1 aromatic heterocycles. The first-order valence-electron chi connectivity index (χ1n) is 5.13. The van der Waals surface area contributed by atoms with Gasteiger partial charge in [0.25, 0.3) is 10.0 Å². The van der Waals surface area contributed by atoms with Crippen LogP contribution in [0.5, 0.6) is 0 Å². The second-order valence-electron chi connectivity index (χ2n) is 4.03. The summed E-state index contributed by atoms with van der Waals surface area (Å²) in [4.78, 5) is 3.73. The quantitative estimate of drug-likeness (QED) is 0.920. The Morgan fingerprint density at radius 2 is 2.31 bits per heavy atom. The summed E-state index contributed by atoms with van der Waals surface area (Å²) in [7, 11) is -3.44. The monoisotopic (exact) mass is 280 g/mol. The number of hydrogen-bond acceptors (Lipinski definition) is 4. The molecule has 1 atom stereocenters. The second kappa shape index (κ2) is 4.60. The van der Waals surface area contributed by atoms with Gasteiger partial charge in [-0.2, -0.15) is 0 Å². The van der Waals surface area contributed by atoms with E-state index >= 15 is 0 Å². The van der Waals surface area contributed by atoms with Gasteiger partial charge in [0, 0.05) is 6.04 Å². The third-order valence-corrected chi connectivity index (χ3v) is 6.05. The molecule has 7 heteroatoms. The normalized spacial score (nSPS) is 19.4. The van der Waals surface area contributed by atoms with Gasteiger partial charge in [-0.25, -0.2) is 18.1 Å². The lowest BCUT2D eigenvalue weighted by molar-refractivity contribution is 0.260. The van der Waals surface area contributed by atoms with Crippen LogP contribution >= 0.6 is 22.9 Å². The summed E-state index contributed by atoms with van der Waals surface area (Å²) in [5.41, 5.74) is 0. The number of rotatable bonds is 4. The topological polar surface area (TPSA) is 59.1 Å². The molecule has 0 aliphatic heterocycles. The average molecular weight is 281 g/mol. The summed E-state index contributed by atoms with van der Waals surface area (Å²) < 4.78 is 26.9. The van der Waals surface area contributed by atoms with E-state index < -0.39 is 10.0 Å². The maximum absolute atomic E-state index is 11.9. The number of sulfonamides is 1. The minimum absolute atomic E-state index is 0.0142. The Morgan fingerprint density at radius 3 is 2.75 bits per heavy atom. The first-order valence-corrected chi connectivity index (χ1v) is 7.80. The standard InChI is InChI=1S/C9H13ClN2O2S2/c1-6(7-3-2-4-7)12-16(13,14)8-5-11-9(10)15-8/h5-7,12H,2-4H2,1H3. The van der Waals surface area contributed by atoms with Gasteiger partial charge >= 0.3 is 0 Å². The molecule has 1 saturated carbocycles. The summed E-state index contributed by atoms with van der Waals surface area (Å²) in [6.07, 6.45) is 4.70. The van der Waals surface area contributed by atoms with Crippen molar-refractivity contribution in [3.8, 4) is 0 Å². The summed E-state index contributed by atoms with van der Waals surface area (Å²) in [6.45, 7) is 1.91. The van der Waals surface area contributed by atoms with Crippen LogP contribution in [0.1, 0.15) is 26.2 Å². The van der Waals surface area contributed by atoms with Crippen molar-refractivity contribution in [2.75, 3.05) is 0 Å². The average Bonchev–Trinajstić information content (AvgIpc) is 2.47. The van der Waals surface area contributed by atoms with Gasteiger partial charge in [0.2, 0.25) is 0 Å². The first kappa shape index (κ1) is 12.3.